The Morgan fingerprint density at radius 3 is 2.70 bits per heavy atom. The third kappa shape index (κ3) is 3.59. The number of hydrogen-bond donors (Lipinski definition) is 0. The van der Waals surface area contributed by atoms with Crippen LogP contribution in [0, 0.1) is 5.82 Å². The van der Waals surface area contributed by atoms with Gasteiger partial charge in [-0.15, -0.1) is 0 Å². The molecule has 0 N–H and O–H groups in total. The summed E-state index contributed by atoms with van der Waals surface area (Å²) in [7, 11) is 1.49. The van der Waals surface area contributed by atoms with E-state index >= 15 is 0 Å². The molecule has 2 heterocycles. The Morgan fingerprint density at radius 1 is 1.17 bits per heavy atom. The van der Waals surface area contributed by atoms with Gasteiger partial charge in [0, 0.05) is 17.7 Å². The lowest BCUT2D eigenvalue weighted by atomic mass is 10.1. The van der Waals surface area contributed by atoms with Gasteiger partial charge >= 0.3 is 0 Å². The molecule has 0 spiro atoms. The van der Waals surface area contributed by atoms with Crippen LogP contribution in [-0.4, -0.2) is 34.9 Å². The number of benzene rings is 1. The predicted molar refractivity (Wildman–Crippen MR) is 85.9 cm³/mol. The van der Waals surface area contributed by atoms with Gasteiger partial charge in [-0.3, -0.25) is 9.69 Å². The number of nitrogens with zero attached hydrogens (tertiary/aromatic N) is 3. The molecule has 0 atom stereocenters. The van der Waals surface area contributed by atoms with E-state index in [9.17, 15) is 9.18 Å². The van der Waals surface area contributed by atoms with Gasteiger partial charge in [-0.05, 0) is 44.1 Å². The Labute approximate surface area is 134 Å². The van der Waals surface area contributed by atoms with E-state index in [1.807, 2.05) is 0 Å². The van der Waals surface area contributed by atoms with Crippen LogP contribution in [0.4, 0.5) is 4.39 Å². The molecule has 1 aromatic heterocycles. The maximum Gasteiger partial charge on any atom is 0.268 e. The number of ether oxygens (including phenoxy) is 1. The maximum absolute atomic E-state index is 13.3. The molecular formula is C17H20FN3O2. The van der Waals surface area contributed by atoms with Crippen molar-refractivity contribution in [1.82, 2.24) is 14.7 Å². The van der Waals surface area contributed by atoms with Crippen LogP contribution in [0.1, 0.15) is 19.3 Å². The number of halogens is 1. The average Bonchev–Trinajstić information content (AvgIpc) is 2.58. The highest BCUT2D eigenvalue weighted by Crippen LogP contribution is 2.28. The van der Waals surface area contributed by atoms with Crippen molar-refractivity contribution in [3.05, 3.63) is 46.5 Å². The topological polar surface area (TPSA) is 47.4 Å². The molecule has 23 heavy (non-hydrogen) atoms. The van der Waals surface area contributed by atoms with Gasteiger partial charge in [0.2, 0.25) is 0 Å². The fourth-order valence-electron chi connectivity index (χ4n) is 2.86. The highest BCUT2D eigenvalue weighted by atomic mass is 19.1. The summed E-state index contributed by atoms with van der Waals surface area (Å²) >= 11 is 0. The fourth-order valence-corrected chi connectivity index (χ4v) is 2.86. The summed E-state index contributed by atoms with van der Waals surface area (Å²) in [6.45, 7) is 2.45. The molecule has 3 rings (SSSR count). The first-order valence-corrected chi connectivity index (χ1v) is 7.82. The highest BCUT2D eigenvalue weighted by Gasteiger charge is 2.14. The van der Waals surface area contributed by atoms with Crippen molar-refractivity contribution in [3.8, 4) is 17.0 Å². The second kappa shape index (κ2) is 6.91. The number of hydrogen-bond acceptors (Lipinski definition) is 4. The summed E-state index contributed by atoms with van der Waals surface area (Å²) in [5.41, 5.74) is 1.13. The molecule has 0 unspecified atom stereocenters. The van der Waals surface area contributed by atoms with Gasteiger partial charge in [-0.25, -0.2) is 9.07 Å². The van der Waals surface area contributed by atoms with Gasteiger partial charge in [0.15, 0.2) is 0 Å². The molecule has 1 saturated heterocycles. The fraction of sp³-hybridized carbons (Fsp3) is 0.412. The van der Waals surface area contributed by atoms with Crippen LogP contribution in [0.15, 0.2) is 35.1 Å². The first-order valence-electron chi connectivity index (χ1n) is 7.82. The minimum atomic E-state index is -0.368. The number of likely N-dealkylation sites (tertiary alicyclic amines) is 1. The molecule has 1 aromatic carbocycles. The average molecular weight is 317 g/mol. The second-order valence-corrected chi connectivity index (χ2v) is 5.72. The third-order valence-electron chi connectivity index (χ3n) is 4.09. The lowest BCUT2D eigenvalue weighted by Gasteiger charge is -2.26. The van der Waals surface area contributed by atoms with E-state index in [0.717, 1.165) is 25.9 Å². The lowest BCUT2D eigenvalue weighted by Crippen LogP contribution is -2.36. The molecule has 122 valence electrons. The molecule has 5 nitrogen and oxygen atoms in total. The Balaban J connectivity index is 1.92. The van der Waals surface area contributed by atoms with Crippen molar-refractivity contribution in [3.63, 3.8) is 0 Å². The third-order valence-corrected chi connectivity index (χ3v) is 4.09. The Hall–Kier alpha value is -2.21. The van der Waals surface area contributed by atoms with Gasteiger partial charge in [0.05, 0.1) is 19.5 Å². The molecule has 1 aliphatic heterocycles. The van der Waals surface area contributed by atoms with E-state index < -0.39 is 0 Å². The largest absolute Gasteiger partial charge is 0.496 e. The summed E-state index contributed by atoms with van der Waals surface area (Å²) in [4.78, 5) is 14.3. The molecule has 0 amide bonds. The van der Waals surface area contributed by atoms with Gasteiger partial charge in [0.1, 0.15) is 11.6 Å². The van der Waals surface area contributed by atoms with Crippen LogP contribution in [-0.2, 0) is 6.67 Å². The van der Waals surface area contributed by atoms with Gasteiger partial charge < -0.3 is 4.74 Å². The van der Waals surface area contributed by atoms with Crippen molar-refractivity contribution >= 4 is 0 Å². The molecule has 1 aliphatic rings. The van der Waals surface area contributed by atoms with Crippen LogP contribution in [0.3, 0.4) is 0 Å². The Morgan fingerprint density at radius 2 is 1.96 bits per heavy atom. The molecule has 0 aliphatic carbocycles. The minimum absolute atomic E-state index is 0.139. The zero-order valence-corrected chi connectivity index (χ0v) is 13.2. The normalized spacial score (nSPS) is 15.6. The zero-order chi connectivity index (χ0) is 16.2. The molecule has 0 radical (unpaired) electrons. The van der Waals surface area contributed by atoms with Crippen molar-refractivity contribution in [2.45, 2.75) is 25.9 Å². The van der Waals surface area contributed by atoms with Crippen molar-refractivity contribution < 1.29 is 9.13 Å². The predicted octanol–water partition coefficient (Wildman–Crippen LogP) is 2.50. The zero-order valence-electron chi connectivity index (χ0n) is 13.2. The number of aromatic nitrogens is 2. The smallest absolute Gasteiger partial charge is 0.268 e. The molecule has 1 fully saturated rings. The van der Waals surface area contributed by atoms with Gasteiger partial charge in [0.25, 0.3) is 5.56 Å². The summed E-state index contributed by atoms with van der Waals surface area (Å²) in [6, 6.07) is 7.43. The summed E-state index contributed by atoms with van der Waals surface area (Å²) in [5.74, 6) is 0.0351. The molecular weight excluding hydrogens is 297 g/mol. The van der Waals surface area contributed by atoms with Crippen LogP contribution >= 0.6 is 0 Å². The SMILES string of the molecule is COc1cc(F)ccc1-c1ccc(=O)n(CN2CCCCC2)n1. The van der Waals surface area contributed by atoms with Crippen LogP contribution in [0.2, 0.25) is 0 Å². The Bertz CT molecular complexity index is 739. The van der Waals surface area contributed by atoms with Crippen LogP contribution in [0.25, 0.3) is 11.3 Å². The molecule has 0 bridgehead atoms. The standard InChI is InChI=1S/C17H20FN3O2/c1-23-16-11-13(18)5-6-14(16)15-7-8-17(22)21(19-15)12-20-9-3-2-4-10-20/h5-8,11H,2-4,9-10,12H2,1H3. The van der Waals surface area contributed by atoms with Crippen LogP contribution in [0.5, 0.6) is 5.75 Å². The van der Waals surface area contributed by atoms with E-state index in [1.165, 1.54) is 36.4 Å². The maximum atomic E-state index is 13.3. The monoisotopic (exact) mass is 317 g/mol. The summed E-state index contributed by atoms with van der Waals surface area (Å²) in [6.07, 6.45) is 3.55. The van der Waals surface area contributed by atoms with E-state index in [0.29, 0.717) is 23.7 Å². The van der Waals surface area contributed by atoms with E-state index in [4.69, 9.17) is 4.74 Å². The highest BCUT2D eigenvalue weighted by molar-refractivity contribution is 5.66. The van der Waals surface area contributed by atoms with E-state index in [-0.39, 0.29) is 11.4 Å². The molecule has 2 aromatic rings. The Kier molecular flexibility index (Phi) is 4.71. The van der Waals surface area contributed by atoms with Crippen LogP contribution < -0.4 is 10.3 Å². The lowest BCUT2D eigenvalue weighted by molar-refractivity contribution is 0.170. The van der Waals surface area contributed by atoms with Crippen molar-refractivity contribution in [2.24, 2.45) is 0 Å². The van der Waals surface area contributed by atoms with Gasteiger partial charge in [-0.2, -0.15) is 5.10 Å². The van der Waals surface area contributed by atoms with Gasteiger partial charge in [-0.1, -0.05) is 6.42 Å². The van der Waals surface area contributed by atoms with Crippen molar-refractivity contribution in [1.29, 1.82) is 0 Å². The second-order valence-electron chi connectivity index (χ2n) is 5.72. The number of methoxy groups -OCH3 is 1. The van der Waals surface area contributed by atoms with E-state index in [2.05, 4.69) is 10.00 Å². The quantitative estimate of drug-likeness (QED) is 0.869. The van der Waals surface area contributed by atoms with Crippen molar-refractivity contribution in [2.75, 3.05) is 20.2 Å². The number of piperidine rings is 1. The number of rotatable bonds is 4. The van der Waals surface area contributed by atoms with E-state index in [1.54, 1.807) is 12.1 Å². The first-order chi connectivity index (χ1) is 11.2. The summed E-state index contributed by atoms with van der Waals surface area (Å²) in [5, 5.41) is 4.43. The summed E-state index contributed by atoms with van der Waals surface area (Å²) < 4.78 is 20.0. The molecule has 6 heteroatoms. The minimum Gasteiger partial charge on any atom is -0.496 e. The molecule has 0 saturated carbocycles. The first kappa shape index (κ1) is 15.7.